The minimum Gasteiger partial charge on any atom is -0.408 e. The van der Waals surface area contributed by atoms with E-state index in [1.165, 1.54) is 0 Å². The van der Waals surface area contributed by atoms with Crippen molar-refractivity contribution in [3.8, 4) is 0 Å². The fourth-order valence-electron chi connectivity index (χ4n) is 3.06. The predicted molar refractivity (Wildman–Crippen MR) is 93.4 cm³/mol. The number of oxazole rings is 1. The van der Waals surface area contributed by atoms with Crippen molar-refractivity contribution in [2.24, 2.45) is 5.41 Å². The summed E-state index contributed by atoms with van der Waals surface area (Å²) in [5.74, 6) is -0.543. The molecule has 1 saturated heterocycles. The quantitative estimate of drug-likeness (QED) is 0.854. The van der Waals surface area contributed by atoms with Crippen molar-refractivity contribution >= 4 is 22.9 Å². The monoisotopic (exact) mass is 345 g/mol. The molecule has 2 amide bonds. The van der Waals surface area contributed by atoms with Gasteiger partial charge in [0.1, 0.15) is 0 Å². The van der Waals surface area contributed by atoms with Gasteiger partial charge in [0, 0.05) is 37.2 Å². The third-order valence-electron chi connectivity index (χ3n) is 4.38. The smallest absolute Gasteiger partial charge is 0.408 e. The lowest BCUT2D eigenvalue weighted by Crippen LogP contribution is -2.42. The molecule has 0 aliphatic carbocycles. The lowest BCUT2D eigenvalue weighted by Gasteiger charge is -2.28. The van der Waals surface area contributed by atoms with Crippen LogP contribution in [0.3, 0.4) is 0 Å². The van der Waals surface area contributed by atoms with Crippen molar-refractivity contribution in [3.05, 3.63) is 34.3 Å². The Morgan fingerprint density at radius 1 is 1.08 bits per heavy atom. The number of amides is 2. The summed E-state index contributed by atoms with van der Waals surface area (Å²) in [6, 6.07) is 4.93. The van der Waals surface area contributed by atoms with Crippen LogP contribution in [0.25, 0.3) is 11.1 Å². The van der Waals surface area contributed by atoms with Gasteiger partial charge in [-0.15, -0.1) is 0 Å². The number of rotatable bonds is 1. The topological polar surface area (TPSA) is 86.6 Å². The van der Waals surface area contributed by atoms with Gasteiger partial charge >= 0.3 is 5.76 Å². The highest BCUT2D eigenvalue weighted by atomic mass is 16.4. The molecule has 0 spiro atoms. The minimum absolute atomic E-state index is 0.109. The van der Waals surface area contributed by atoms with Crippen LogP contribution >= 0.6 is 0 Å². The van der Waals surface area contributed by atoms with E-state index in [9.17, 15) is 14.4 Å². The summed E-state index contributed by atoms with van der Waals surface area (Å²) in [6.45, 7) is 8.00. The Kier molecular flexibility index (Phi) is 4.41. The SMILES string of the molecule is CC(C)(C)C(=O)N1CCCN(C(=O)c2ccc3[nH]c(=O)oc3c2)CC1. The van der Waals surface area contributed by atoms with Crippen LogP contribution < -0.4 is 5.76 Å². The molecule has 134 valence electrons. The lowest BCUT2D eigenvalue weighted by atomic mass is 9.94. The van der Waals surface area contributed by atoms with Crippen LogP contribution in [0.5, 0.6) is 0 Å². The number of fused-ring (bicyclic) bond motifs is 1. The van der Waals surface area contributed by atoms with Crippen LogP contribution in [0, 0.1) is 5.41 Å². The Morgan fingerprint density at radius 3 is 2.48 bits per heavy atom. The van der Waals surface area contributed by atoms with Gasteiger partial charge in [-0.05, 0) is 24.6 Å². The summed E-state index contributed by atoms with van der Waals surface area (Å²) in [7, 11) is 0. The van der Waals surface area contributed by atoms with E-state index in [-0.39, 0.29) is 11.8 Å². The number of aromatic nitrogens is 1. The molecule has 2 aromatic rings. The molecule has 1 fully saturated rings. The van der Waals surface area contributed by atoms with E-state index < -0.39 is 11.2 Å². The van der Waals surface area contributed by atoms with Crippen molar-refractivity contribution in [3.63, 3.8) is 0 Å². The molecule has 2 heterocycles. The zero-order valence-electron chi connectivity index (χ0n) is 14.8. The summed E-state index contributed by atoms with van der Waals surface area (Å²) >= 11 is 0. The Balaban J connectivity index is 1.74. The highest BCUT2D eigenvalue weighted by molar-refractivity contribution is 5.97. The van der Waals surface area contributed by atoms with E-state index in [0.29, 0.717) is 42.8 Å². The summed E-state index contributed by atoms with van der Waals surface area (Å²) < 4.78 is 5.02. The number of hydrogen-bond donors (Lipinski definition) is 1. The van der Waals surface area contributed by atoms with Crippen molar-refractivity contribution in [2.45, 2.75) is 27.2 Å². The Hall–Kier alpha value is -2.57. The van der Waals surface area contributed by atoms with Crippen molar-refractivity contribution in [1.82, 2.24) is 14.8 Å². The van der Waals surface area contributed by atoms with Crippen LogP contribution in [0.1, 0.15) is 37.6 Å². The number of carbonyl (C=O) groups excluding carboxylic acids is 2. The number of nitrogens with zero attached hydrogens (tertiary/aromatic N) is 2. The lowest BCUT2D eigenvalue weighted by molar-refractivity contribution is -0.139. The molecular weight excluding hydrogens is 322 g/mol. The van der Waals surface area contributed by atoms with Crippen LogP contribution in [-0.4, -0.2) is 52.8 Å². The fraction of sp³-hybridized carbons (Fsp3) is 0.500. The van der Waals surface area contributed by atoms with Gasteiger partial charge in [-0.25, -0.2) is 4.79 Å². The number of benzene rings is 1. The van der Waals surface area contributed by atoms with Crippen molar-refractivity contribution in [1.29, 1.82) is 0 Å². The number of hydrogen-bond acceptors (Lipinski definition) is 4. The summed E-state index contributed by atoms with van der Waals surface area (Å²) in [5.41, 5.74) is 0.996. The van der Waals surface area contributed by atoms with Crippen LogP contribution in [-0.2, 0) is 4.79 Å². The molecule has 0 unspecified atom stereocenters. The maximum atomic E-state index is 12.8. The Bertz CT molecular complexity index is 859. The second kappa shape index (κ2) is 6.38. The first-order valence-corrected chi connectivity index (χ1v) is 8.47. The summed E-state index contributed by atoms with van der Waals surface area (Å²) in [4.78, 5) is 42.6. The predicted octanol–water partition coefficient (Wildman–Crippen LogP) is 1.84. The molecule has 1 aromatic heterocycles. The zero-order chi connectivity index (χ0) is 18.2. The van der Waals surface area contributed by atoms with Gasteiger partial charge in [0.05, 0.1) is 5.52 Å². The van der Waals surface area contributed by atoms with E-state index in [1.54, 1.807) is 23.1 Å². The highest BCUT2D eigenvalue weighted by Gasteiger charge is 2.29. The highest BCUT2D eigenvalue weighted by Crippen LogP contribution is 2.20. The standard InChI is InChI=1S/C18H23N3O4/c1-18(2,3)16(23)21-8-4-7-20(9-10-21)15(22)12-5-6-13-14(11-12)25-17(24)19-13/h5-6,11H,4,7-10H2,1-3H3,(H,19,24). The second-order valence-corrected chi connectivity index (χ2v) is 7.41. The first-order chi connectivity index (χ1) is 11.8. The number of aromatic amines is 1. The number of H-pyrrole nitrogens is 1. The first-order valence-electron chi connectivity index (χ1n) is 8.47. The minimum atomic E-state index is -0.536. The van der Waals surface area contributed by atoms with Gasteiger partial charge in [0.15, 0.2) is 5.58 Å². The third kappa shape index (κ3) is 3.60. The average Bonchev–Trinajstić information content (AvgIpc) is 2.76. The van der Waals surface area contributed by atoms with Crippen LogP contribution in [0.15, 0.2) is 27.4 Å². The Labute approximate surface area is 145 Å². The normalized spacial score (nSPS) is 16.1. The van der Waals surface area contributed by atoms with E-state index >= 15 is 0 Å². The molecule has 1 aromatic carbocycles. The molecule has 7 nitrogen and oxygen atoms in total. The average molecular weight is 345 g/mol. The van der Waals surface area contributed by atoms with Gasteiger partial charge < -0.3 is 14.2 Å². The van der Waals surface area contributed by atoms with E-state index in [0.717, 1.165) is 6.42 Å². The molecule has 0 atom stereocenters. The summed E-state index contributed by atoms with van der Waals surface area (Å²) in [5, 5.41) is 0. The van der Waals surface area contributed by atoms with E-state index in [1.807, 2.05) is 25.7 Å². The number of carbonyl (C=O) groups is 2. The molecule has 0 saturated carbocycles. The zero-order valence-corrected chi connectivity index (χ0v) is 14.8. The Morgan fingerprint density at radius 2 is 1.76 bits per heavy atom. The molecule has 0 radical (unpaired) electrons. The largest absolute Gasteiger partial charge is 0.417 e. The maximum absolute atomic E-state index is 12.8. The number of nitrogens with one attached hydrogen (secondary N) is 1. The third-order valence-corrected chi connectivity index (χ3v) is 4.38. The van der Waals surface area contributed by atoms with E-state index in [4.69, 9.17) is 4.42 Å². The fourth-order valence-corrected chi connectivity index (χ4v) is 3.06. The molecule has 1 aliphatic heterocycles. The summed E-state index contributed by atoms with van der Waals surface area (Å²) in [6.07, 6.45) is 0.745. The molecule has 3 rings (SSSR count). The molecule has 25 heavy (non-hydrogen) atoms. The van der Waals surface area contributed by atoms with Gasteiger partial charge in [0.25, 0.3) is 5.91 Å². The van der Waals surface area contributed by atoms with Crippen molar-refractivity contribution < 1.29 is 14.0 Å². The maximum Gasteiger partial charge on any atom is 0.417 e. The van der Waals surface area contributed by atoms with Gasteiger partial charge in [-0.1, -0.05) is 20.8 Å². The van der Waals surface area contributed by atoms with Gasteiger partial charge in [-0.3, -0.25) is 14.6 Å². The van der Waals surface area contributed by atoms with E-state index in [2.05, 4.69) is 4.98 Å². The molecule has 0 bridgehead atoms. The molecular formula is C18H23N3O4. The molecule has 1 aliphatic rings. The van der Waals surface area contributed by atoms with Gasteiger partial charge in [0.2, 0.25) is 5.91 Å². The second-order valence-electron chi connectivity index (χ2n) is 7.41. The first kappa shape index (κ1) is 17.3. The van der Waals surface area contributed by atoms with Gasteiger partial charge in [-0.2, -0.15) is 0 Å². The van der Waals surface area contributed by atoms with Crippen LogP contribution in [0.4, 0.5) is 0 Å². The van der Waals surface area contributed by atoms with Crippen molar-refractivity contribution in [2.75, 3.05) is 26.2 Å². The molecule has 7 heteroatoms. The van der Waals surface area contributed by atoms with Crippen LogP contribution in [0.2, 0.25) is 0 Å². The molecule has 1 N–H and O–H groups in total.